The van der Waals surface area contributed by atoms with Crippen molar-refractivity contribution in [2.24, 2.45) is 0 Å². The van der Waals surface area contributed by atoms with Gasteiger partial charge >= 0.3 is 0 Å². The maximum Gasteiger partial charge on any atom is 0.162 e. The van der Waals surface area contributed by atoms with E-state index in [-0.39, 0.29) is 0 Å². The molecule has 0 aliphatic carbocycles. The molecule has 0 bridgehead atoms. The van der Waals surface area contributed by atoms with Gasteiger partial charge in [-0.15, -0.1) is 0 Å². The van der Waals surface area contributed by atoms with E-state index in [9.17, 15) is 0 Å². The summed E-state index contributed by atoms with van der Waals surface area (Å²) >= 11 is 0. The lowest BCUT2D eigenvalue weighted by Gasteiger charge is -2.25. The Morgan fingerprint density at radius 3 is 2.31 bits per heavy atom. The molecule has 26 heavy (non-hydrogen) atoms. The van der Waals surface area contributed by atoms with Gasteiger partial charge in [-0.25, -0.2) is 9.97 Å². The van der Waals surface area contributed by atoms with Crippen LogP contribution in [0.4, 0.5) is 5.82 Å². The number of hydrogen-bond acceptors (Lipinski definition) is 5. The largest absolute Gasteiger partial charge is 0.497 e. The number of rotatable bonds is 7. The molecule has 5 nitrogen and oxygen atoms in total. The number of ether oxygens (including phenoxy) is 1. The van der Waals surface area contributed by atoms with Crippen molar-refractivity contribution in [1.29, 1.82) is 0 Å². The van der Waals surface area contributed by atoms with E-state index in [0.717, 1.165) is 53.5 Å². The molecular weight excluding hydrogens is 324 g/mol. The maximum atomic E-state index is 5.26. The van der Waals surface area contributed by atoms with Crippen molar-refractivity contribution in [3.05, 3.63) is 48.5 Å². The van der Waals surface area contributed by atoms with Crippen molar-refractivity contribution in [3.8, 4) is 17.1 Å². The van der Waals surface area contributed by atoms with Gasteiger partial charge in [-0.05, 0) is 57.4 Å². The minimum atomic E-state index is 0.740. The Balaban J connectivity index is 2.07. The molecule has 5 heteroatoms. The number of anilines is 1. The van der Waals surface area contributed by atoms with Crippen LogP contribution in [0.2, 0.25) is 0 Å². The van der Waals surface area contributed by atoms with E-state index in [0.29, 0.717) is 0 Å². The van der Waals surface area contributed by atoms with Crippen molar-refractivity contribution in [1.82, 2.24) is 14.9 Å². The van der Waals surface area contributed by atoms with Crippen LogP contribution in [0.5, 0.6) is 5.75 Å². The van der Waals surface area contributed by atoms with E-state index in [1.54, 1.807) is 7.11 Å². The molecule has 1 aromatic heterocycles. The van der Waals surface area contributed by atoms with Crippen LogP contribution < -0.4 is 9.64 Å². The van der Waals surface area contributed by atoms with Gasteiger partial charge in [0, 0.05) is 30.6 Å². The monoisotopic (exact) mass is 350 g/mol. The van der Waals surface area contributed by atoms with Gasteiger partial charge in [0.15, 0.2) is 5.82 Å². The molecule has 0 radical (unpaired) electrons. The molecule has 3 aromatic rings. The first kappa shape index (κ1) is 18.1. The summed E-state index contributed by atoms with van der Waals surface area (Å²) in [6.07, 6.45) is 0. The van der Waals surface area contributed by atoms with Gasteiger partial charge in [0.05, 0.1) is 12.6 Å². The molecule has 0 saturated carbocycles. The standard InChI is InChI=1S/C21H26N4O/c1-5-25(15-14-24(2)3)21-18-8-6-7-9-19(18)22-20(23-21)16-10-12-17(26-4)13-11-16/h6-13H,5,14-15H2,1-4H3. The van der Waals surface area contributed by atoms with Crippen molar-refractivity contribution in [3.63, 3.8) is 0 Å². The van der Waals surface area contributed by atoms with Gasteiger partial charge in [0.2, 0.25) is 0 Å². The van der Waals surface area contributed by atoms with E-state index in [1.165, 1.54) is 0 Å². The first-order valence-corrected chi connectivity index (χ1v) is 8.93. The normalized spacial score (nSPS) is 11.1. The highest BCUT2D eigenvalue weighted by Gasteiger charge is 2.14. The Hall–Kier alpha value is -2.66. The lowest BCUT2D eigenvalue weighted by Crippen LogP contribution is -2.32. The predicted molar refractivity (Wildman–Crippen MR) is 108 cm³/mol. The molecule has 2 aromatic carbocycles. The molecule has 0 fully saturated rings. The summed E-state index contributed by atoms with van der Waals surface area (Å²) in [5.41, 5.74) is 1.95. The summed E-state index contributed by atoms with van der Waals surface area (Å²) in [5, 5.41) is 1.09. The number of likely N-dealkylation sites (N-methyl/N-ethyl adjacent to an activating group) is 2. The molecule has 0 aliphatic heterocycles. The van der Waals surface area contributed by atoms with Gasteiger partial charge in [0.25, 0.3) is 0 Å². The molecule has 3 rings (SSSR count). The van der Waals surface area contributed by atoms with Crippen LogP contribution in [0.15, 0.2) is 48.5 Å². The van der Waals surface area contributed by atoms with Crippen molar-refractivity contribution >= 4 is 16.7 Å². The van der Waals surface area contributed by atoms with Gasteiger partial charge in [-0.1, -0.05) is 12.1 Å². The summed E-state index contributed by atoms with van der Waals surface area (Å²) in [4.78, 5) is 14.2. The van der Waals surface area contributed by atoms with E-state index < -0.39 is 0 Å². The summed E-state index contributed by atoms with van der Waals surface area (Å²) in [6.45, 7) is 4.97. The molecule has 0 unspecified atom stereocenters. The third-order valence-corrected chi connectivity index (χ3v) is 4.43. The zero-order valence-electron chi connectivity index (χ0n) is 15.9. The first-order valence-electron chi connectivity index (χ1n) is 8.93. The Morgan fingerprint density at radius 1 is 0.923 bits per heavy atom. The maximum absolute atomic E-state index is 5.26. The molecular formula is C21H26N4O. The van der Waals surface area contributed by atoms with Gasteiger partial charge in [-0.2, -0.15) is 0 Å². The first-order chi connectivity index (χ1) is 12.6. The summed E-state index contributed by atoms with van der Waals surface area (Å²) in [5.74, 6) is 2.56. The number of fused-ring (bicyclic) bond motifs is 1. The fraction of sp³-hybridized carbons (Fsp3) is 0.333. The number of para-hydroxylation sites is 1. The molecule has 1 heterocycles. The second kappa shape index (κ2) is 8.15. The van der Waals surface area contributed by atoms with Crippen LogP contribution in [0.25, 0.3) is 22.3 Å². The summed E-state index contributed by atoms with van der Waals surface area (Å²) in [6, 6.07) is 16.1. The van der Waals surface area contributed by atoms with Crippen LogP contribution in [-0.4, -0.2) is 55.7 Å². The SMILES string of the molecule is CCN(CCN(C)C)c1nc(-c2ccc(OC)cc2)nc2ccccc12. The Kier molecular flexibility index (Phi) is 5.68. The lowest BCUT2D eigenvalue weighted by molar-refractivity contribution is 0.414. The van der Waals surface area contributed by atoms with Crippen LogP contribution in [0, 0.1) is 0 Å². The van der Waals surface area contributed by atoms with Gasteiger partial charge in [-0.3, -0.25) is 0 Å². The number of nitrogens with zero attached hydrogens (tertiary/aromatic N) is 4. The average Bonchev–Trinajstić information content (AvgIpc) is 2.68. The number of hydrogen-bond donors (Lipinski definition) is 0. The van der Waals surface area contributed by atoms with Crippen LogP contribution in [0.3, 0.4) is 0 Å². The number of aromatic nitrogens is 2. The topological polar surface area (TPSA) is 41.5 Å². The molecule has 136 valence electrons. The average molecular weight is 350 g/mol. The molecule has 0 N–H and O–H groups in total. The molecule has 0 saturated heterocycles. The highest BCUT2D eigenvalue weighted by atomic mass is 16.5. The van der Waals surface area contributed by atoms with Crippen molar-refractivity contribution in [2.45, 2.75) is 6.92 Å². The predicted octanol–water partition coefficient (Wildman–Crippen LogP) is 3.69. The third-order valence-electron chi connectivity index (χ3n) is 4.43. The minimum absolute atomic E-state index is 0.740. The zero-order valence-corrected chi connectivity index (χ0v) is 15.9. The van der Waals surface area contributed by atoms with Crippen LogP contribution in [-0.2, 0) is 0 Å². The van der Waals surface area contributed by atoms with Crippen LogP contribution in [0.1, 0.15) is 6.92 Å². The summed E-state index contributed by atoms with van der Waals surface area (Å²) < 4.78 is 5.26. The minimum Gasteiger partial charge on any atom is -0.497 e. The molecule has 0 spiro atoms. The second-order valence-corrected chi connectivity index (χ2v) is 6.50. The Bertz CT molecular complexity index is 862. The van der Waals surface area contributed by atoms with Crippen molar-refractivity contribution in [2.75, 3.05) is 45.7 Å². The molecule has 0 amide bonds. The lowest BCUT2D eigenvalue weighted by atomic mass is 10.1. The van der Waals surface area contributed by atoms with E-state index in [4.69, 9.17) is 14.7 Å². The Morgan fingerprint density at radius 2 is 1.65 bits per heavy atom. The molecule has 0 aliphatic rings. The molecule has 0 atom stereocenters. The van der Waals surface area contributed by atoms with Crippen molar-refractivity contribution < 1.29 is 4.74 Å². The van der Waals surface area contributed by atoms with Gasteiger partial charge < -0.3 is 14.5 Å². The zero-order chi connectivity index (χ0) is 18.5. The van der Waals surface area contributed by atoms with E-state index in [1.807, 2.05) is 42.5 Å². The fourth-order valence-corrected chi connectivity index (χ4v) is 2.90. The quantitative estimate of drug-likeness (QED) is 0.650. The number of benzene rings is 2. The van der Waals surface area contributed by atoms with E-state index in [2.05, 4.69) is 36.9 Å². The summed E-state index contributed by atoms with van der Waals surface area (Å²) in [7, 11) is 5.85. The van der Waals surface area contributed by atoms with E-state index >= 15 is 0 Å². The highest BCUT2D eigenvalue weighted by Crippen LogP contribution is 2.28. The fourth-order valence-electron chi connectivity index (χ4n) is 2.90. The smallest absolute Gasteiger partial charge is 0.162 e. The third kappa shape index (κ3) is 3.94. The highest BCUT2D eigenvalue weighted by molar-refractivity contribution is 5.91. The van der Waals surface area contributed by atoms with Gasteiger partial charge in [0.1, 0.15) is 11.6 Å². The second-order valence-electron chi connectivity index (χ2n) is 6.50. The van der Waals surface area contributed by atoms with Crippen LogP contribution >= 0.6 is 0 Å². The number of methoxy groups -OCH3 is 1. The Labute approximate surface area is 155 Å².